The van der Waals surface area contributed by atoms with Gasteiger partial charge in [-0.05, 0) is 43.4 Å². The van der Waals surface area contributed by atoms with Crippen molar-refractivity contribution < 1.29 is 19.4 Å². The molecule has 0 saturated carbocycles. The van der Waals surface area contributed by atoms with E-state index in [0.717, 1.165) is 22.4 Å². The third-order valence-corrected chi connectivity index (χ3v) is 5.50. The Balaban J connectivity index is 1.80. The van der Waals surface area contributed by atoms with Gasteiger partial charge in [-0.2, -0.15) is 0 Å². The molecule has 0 aromatic heterocycles. The number of rotatable bonds is 7. The fourth-order valence-corrected chi connectivity index (χ4v) is 3.74. The predicted molar refractivity (Wildman–Crippen MR) is 109 cm³/mol. The van der Waals surface area contributed by atoms with E-state index < -0.39 is 5.41 Å². The number of benzene rings is 2. The molecule has 1 aliphatic rings. The van der Waals surface area contributed by atoms with Crippen LogP contribution in [0.5, 0.6) is 5.75 Å². The van der Waals surface area contributed by atoms with E-state index in [1.807, 2.05) is 31.2 Å². The molecule has 3 rings (SSSR count). The van der Waals surface area contributed by atoms with Crippen molar-refractivity contribution in [3.63, 3.8) is 0 Å². The highest BCUT2D eigenvalue weighted by atomic mass is 16.5. The smallest absolute Gasteiger partial charge is 0.227 e. The van der Waals surface area contributed by atoms with Crippen LogP contribution in [0.3, 0.4) is 0 Å². The molecular weight excluding hydrogens is 354 g/mol. The lowest BCUT2D eigenvalue weighted by molar-refractivity contribution is -0.137. The van der Waals surface area contributed by atoms with E-state index in [2.05, 4.69) is 29.6 Å². The van der Waals surface area contributed by atoms with Gasteiger partial charge in [0.05, 0.1) is 19.1 Å². The number of carbonyl (C=O) groups is 1. The second kappa shape index (κ2) is 9.22. The van der Waals surface area contributed by atoms with Crippen molar-refractivity contribution in [2.24, 2.45) is 5.41 Å². The van der Waals surface area contributed by atoms with Crippen LogP contribution in [0.1, 0.15) is 25.3 Å². The number of amides is 1. The Morgan fingerprint density at radius 2 is 1.86 bits per heavy atom. The minimum absolute atomic E-state index is 0.00570. The number of aliphatic hydroxyl groups is 1. The van der Waals surface area contributed by atoms with Crippen molar-refractivity contribution in [1.29, 1.82) is 0 Å². The maximum Gasteiger partial charge on any atom is 0.227 e. The van der Waals surface area contributed by atoms with Crippen molar-refractivity contribution in [3.05, 3.63) is 54.1 Å². The molecular formula is C23H29NO4. The average molecular weight is 383 g/mol. The van der Waals surface area contributed by atoms with Gasteiger partial charge < -0.3 is 19.9 Å². The largest absolute Gasteiger partial charge is 0.496 e. The Labute approximate surface area is 166 Å². The van der Waals surface area contributed by atoms with Gasteiger partial charge in [0, 0.05) is 24.8 Å². The number of para-hydroxylation sites is 1. The number of hydrogen-bond donors (Lipinski definition) is 2. The van der Waals surface area contributed by atoms with Crippen LogP contribution in [0.4, 0.5) is 0 Å². The molecule has 0 unspecified atom stereocenters. The first-order chi connectivity index (χ1) is 13.6. The molecule has 1 atom stereocenters. The number of methoxy groups -OCH3 is 1. The van der Waals surface area contributed by atoms with Gasteiger partial charge in [-0.1, -0.05) is 42.5 Å². The van der Waals surface area contributed by atoms with Crippen molar-refractivity contribution in [2.75, 3.05) is 26.9 Å². The van der Waals surface area contributed by atoms with Crippen molar-refractivity contribution in [2.45, 2.75) is 32.2 Å². The van der Waals surface area contributed by atoms with Crippen molar-refractivity contribution in [1.82, 2.24) is 5.32 Å². The molecule has 1 heterocycles. The van der Waals surface area contributed by atoms with Crippen LogP contribution in [0, 0.1) is 5.41 Å². The highest BCUT2D eigenvalue weighted by Crippen LogP contribution is 2.36. The van der Waals surface area contributed by atoms with Crippen LogP contribution in [0.2, 0.25) is 0 Å². The minimum Gasteiger partial charge on any atom is -0.496 e. The SMILES string of the molecule is COc1ccccc1-c1ccc(CC2(C(=O)N[C@@H](C)CO)CCOCC2)cc1. The summed E-state index contributed by atoms with van der Waals surface area (Å²) in [5.74, 6) is 0.847. The minimum atomic E-state index is -0.492. The summed E-state index contributed by atoms with van der Waals surface area (Å²) < 4.78 is 11.0. The van der Waals surface area contributed by atoms with E-state index in [-0.39, 0.29) is 18.6 Å². The summed E-state index contributed by atoms with van der Waals surface area (Å²) in [5.41, 5.74) is 2.76. The first kappa shape index (κ1) is 20.4. The normalized spacial score (nSPS) is 17.0. The Kier molecular flexibility index (Phi) is 6.70. The Hall–Kier alpha value is -2.37. The molecule has 2 aromatic carbocycles. The van der Waals surface area contributed by atoms with E-state index in [1.165, 1.54) is 0 Å². The van der Waals surface area contributed by atoms with Gasteiger partial charge in [0.15, 0.2) is 0 Å². The third-order valence-electron chi connectivity index (χ3n) is 5.50. The molecule has 0 aliphatic carbocycles. The fraction of sp³-hybridized carbons (Fsp3) is 0.435. The standard InChI is InChI=1S/C23H29NO4/c1-17(16-25)24-22(26)23(11-13-28-14-12-23)15-18-7-9-19(10-8-18)20-5-3-4-6-21(20)27-2/h3-10,17,25H,11-16H2,1-2H3,(H,24,26)/t17-/m0/s1. The second-order valence-corrected chi connectivity index (χ2v) is 7.52. The van der Waals surface area contributed by atoms with Crippen LogP contribution in [-0.4, -0.2) is 44.0 Å². The lowest BCUT2D eigenvalue weighted by atomic mass is 9.74. The highest BCUT2D eigenvalue weighted by Gasteiger charge is 2.40. The first-order valence-corrected chi connectivity index (χ1v) is 9.80. The molecule has 0 bridgehead atoms. The summed E-state index contributed by atoms with van der Waals surface area (Å²) in [5, 5.41) is 12.2. The van der Waals surface area contributed by atoms with Gasteiger partial charge in [-0.3, -0.25) is 4.79 Å². The molecule has 1 fully saturated rings. The topological polar surface area (TPSA) is 67.8 Å². The Morgan fingerprint density at radius 1 is 1.18 bits per heavy atom. The monoisotopic (exact) mass is 383 g/mol. The summed E-state index contributed by atoms with van der Waals surface area (Å²) in [7, 11) is 1.67. The van der Waals surface area contributed by atoms with Gasteiger partial charge in [0.25, 0.3) is 0 Å². The summed E-state index contributed by atoms with van der Waals surface area (Å²) in [6.45, 7) is 2.92. The molecule has 28 heavy (non-hydrogen) atoms. The van der Waals surface area contributed by atoms with Crippen LogP contribution in [0.25, 0.3) is 11.1 Å². The van der Waals surface area contributed by atoms with E-state index in [9.17, 15) is 9.90 Å². The van der Waals surface area contributed by atoms with E-state index in [4.69, 9.17) is 9.47 Å². The Bertz CT molecular complexity index is 781. The molecule has 5 nitrogen and oxygen atoms in total. The zero-order valence-corrected chi connectivity index (χ0v) is 16.6. The molecule has 150 valence electrons. The predicted octanol–water partition coefficient (Wildman–Crippen LogP) is 3.20. The molecule has 0 spiro atoms. The van der Waals surface area contributed by atoms with Gasteiger partial charge in [0.1, 0.15) is 5.75 Å². The number of ether oxygens (including phenoxy) is 2. The highest BCUT2D eigenvalue weighted by molar-refractivity contribution is 5.83. The average Bonchev–Trinajstić information content (AvgIpc) is 2.74. The second-order valence-electron chi connectivity index (χ2n) is 7.52. The van der Waals surface area contributed by atoms with Crippen LogP contribution in [0.15, 0.2) is 48.5 Å². The van der Waals surface area contributed by atoms with Gasteiger partial charge >= 0.3 is 0 Å². The van der Waals surface area contributed by atoms with Crippen LogP contribution < -0.4 is 10.1 Å². The lowest BCUT2D eigenvalue weighted by Crippen LogP contribution is -2.49. The van der Waals surface area contributed by atoms with E-state index in [1.54, 1.807) is 7.11 Å². The quantitative estimate of drug-likeness (QED) is 0.771. The Morgan fingerprint density at radius 3 is 2.50 bits per heavy atom. The molecule has 2 aromatic rings. The van der Waals surface area contributed by atoms with Crippen molar-refractivity contribution >= 4 is 5.91 Å². The van der Waals surface area contributed by atoms with Gasteiger partial charge in [-0.15, -0.1) is 0 Å². The summed E-state index contributed by atoms with van der Waals surface area (Å²) in [6, 6.07) is 16.0. The number of nitrogens with one attached hydrogen (secondary N) is 1. The van der Waals surface area contributed by atoms with Crippen molar-refractivity contribution in [3.8, 4) is 16.9 Å². The van der Waals surface area contributed by atoms with E-state index >= 15 is 0 Å². The summed E-state index contributed by atoms with van der Waals surface area (Å²) in [6.07, 6.45) is 2.03. The fourth-order valence-electron chi connectivity index (χ4n) is 3.74. The molecule has 1 saturated heterocycles. The molecule has 1 amide bonds. The lowest BCUT2D eigenvalue weighted by Gasteiger charge is -2.36. The first-order valence-electron chi connectivity index (χ1n) is 9.80. The molecule has 5 heteroatoms. The third kappa shape index (κ3) is 4.54. The maximum atomic E-state index is 13.0. The number of hydrogen-bond acceptors (Lipinski definition) is 4. The number of aliphatic hydroxyl groups excluding tert-OH is 1. The molecule has 1 aliphatic heterocycles. The zero-order valence-electron chi connectivity index (χ0n) is 16.6. The van der Waals surface area contributed by atoms with Gasteiger partial charge in [-0.25, -0.2) is 0 Å². The van der Waals surface area contributed by atoms with Gasteiger partial charge in [0.2, 0.25) is 5.91 Å². The van der Waals surface area contributed by atoms with Crippen LogP contribution >= 0.6 is 0 Å². The molecule has 2 N–H and O–H groups in total. The summed E-state index contributed by atoms with van der Waals surface area (Å²) >= 11 is 0. The number of carbonyl (C=O) groups excluding carboxylic acids is 1. The van der Waals surface area contributed by atoms with Crippen LogP contribution in [-0.2, 0) is 16.0 Å². The van der Waals surface area contributed by atoms with E-state index in [0.29, 0.717) is 32.5 Å². The maximum absolute atomic E-state index is 13.0. The summed E-state index contributed by atoms with van der Waals surface area (Å²) in [4.78, 5) is 13.0. The zero-order chi connectivity index (χ0) is 20.0. The molecule has 0 radical (unpaired) electrons.